The number of benzene rings is 3. The lowest BCUT2D eigenvalue weighted by molar-refractivity contribution is -0.138. The van der Waals surface area contributed by atoms with E-state index in [4.69, 9.17) is 33.2 Å². The smallest absolute Gasteiger partial charge is 0.337 e. The molecule has 0 N–H and O–H groups in total. The number of nitrogens with zero attached hydrogens (tertiary/aromatic N) is 2. The van der Waals surface area contributed by atoms with Crippen molar-refractivity contribution in [3.05, 3.63) is 145 Å². The van der Waals surface area contributed by atoms with Gasteiger partial charge in [0.05, 0.1) is 50.5 Å². The molecule has 66 heavy (non-hydrogen) atoms. The van der Waals surface area contributed by atoms with E-state index in [9.17, 15) is 14.4 Å². The molecule has 3 aromatic carbocycles. The number of methoxy groups -OCH3 is 1. The van der Waals surface area contributed by atoms with Gasteiger partial charge in [0.25, 0.3) is 0 Å². The molecule has 12 heteroatoms. The Labute approximate surface area is 388 Å². The van der Waals surface area contributed by atoms with Crippen molar-refractivity contribution in [2.24, 2.45) is 0 Å². The first kappa shape index (κ1) is 50.1. The maximum absolute atomic E-state index is 12.4. The predicted molar refractivity (Wildman–Crippen MR) is 254 cm³/mol. The molecule has 0 bridgehead atoms. The van der Waals surface area contributed by atoms with Crippen molar-refractivity contribution in [2.45, 2.75) is 90.3 Å². The van der Waals surface area contributed by atoms with Gasteiger partial charge in [0.1, 0.15) is 24.7 Å². The summed E-state index contributed by atoms with van der Waals surface area (Å²) in [5.74, 6) is 1.29. The van der Waals surface area contributed by atoms with Crippen molar-refractivity contribution < 1.29 is 47.5 Å². The Kier molecular flexibility index (Phi) is 21.8. The maximum Gasteiger partial charge on any atom is 0.337 e. The van der Waals surface area contributed by atoms with Crippen LogP contribution in [0.25, 0.3) is 22.5 Å². The molecule has 0 saturated carbocycles. The zero-order chi connectivity index (χ0) is 46.6. The second kappa shape index (κ2) is 28.8. The first-order valence-corrected chi connectivity index (χ1v) is 22.8. The third kappa shape index (κ3) is 17.9. The Morgan fingerprint density at radius 3 is 1.32 bits per heavy atom. The van der Waals surface area contributed by atoms with Crippen LogP contribution in [0.5, 0.6) is 23.0 Å². The summed E-state index contributed by atoms with van der Waals surface area (Å²) < 4.78 is 39.3. The molecule has 0 spiro atoms. The molecule has 5 rings (SSSR count). The highest BCUT2D eigenvalue weighted by atomic mass is 16.5. The van der Waals surface area contributed by atoms with Crippen LogP contribution >= 0.6 is 0 Å². The molecule has 12 nitrogen and oxygen atoms in total. The normalized spacial score (nSPS) is 10.7. The molecule has 0 amide bonds. The number of carbonyl (C=O) groups is 3. The van der Waals surface area contributed by atoms with Gasteiger partial charge >= 0.3 is 17.9 Å². The fourth-order valence-corrected chi connectivity index (χ4v) is 6.78. The summed E-state index contributed by atoms with van der Waals surface area (Å²) in [6, 6.07) is 28.6. The highest BCUT2D eigenvalue weighted by molar-refractivity contribution is 5.90. The number of hydrogen-bond donors (Lipinski definition) is 0. The van der Waals surface area contributed by atoms with Crippen molar-refractivity contribution in [3.63, 3.8) is 0 Å². The van der Waals surface area contributed by atoms with Crippen LogP contribution in [-0.4, -0.2) is 61.4 Å². The van der Waals surface area contributed by atoms with Gasteiger partial charge in [-0.15, -0.1) is 0 Å². The molecule has 0 atom stereocenters. The average Bonchev–Trinajstić information content (AvgIpc) is 3.36. The van der Waals surface area contributed by atoms with Crippen LogP contribution in [0.2, 0.25) is 0 Å². The molecule has 0 unspecified atom stereocenters. The Balaban J connectivity index is 1.03. The Bertz CT molecular complexity index is 2240. The largest absolute Gasteiger partial charge is 0.494 e. The number of aromatic nitrogens is 2. The van der Waals surface area contributed by atoms with E-state index < -0.39 is 5.97 Å². The summed E-state index contributed by atoms with van der Waals surface area (Å²) in [5, 5.41) is 0. The summed E-state index contributed by atoms with van der Waals surface area (Å²) in [4.78, 5) is 43.9. The van der Waals surface area contributed by atoms with E-state index in [0.717, 1.165) is 122 Å². The fourth-order valence-electron chi connectivity index (χ4n) is 6.78. The van der Waals surface area contributed by atoms with Crippen LogP contribution in [0.3, 0.4) is 0 Å². The third-order valence-corrected chi connectivity index (χ3v) is 10.5. The van der Waals surface area contributed by atoms with Crippen LogP contribution < -0.4 is 18.9 Å². The predicted octanol–water partition coefficient (Wildman–Crippen LogP) is 11.7. The number of ether oxygens (including phenoxy) is 7. The Morgan fingerprint density at radius 2 is 0.909 bits per heavy atom. The molecule has 2 heterocycles. The number of esters is 3. The highest BCUT2D eigenvalue weighted by Gasteiger charge is 2.14. The van der Waals surface area contributed by atoms with Gasteiger partial charge in [0.2, 0.25) is 0 Å². The molecular weight excluding hydrogens is 837 g/mol. The van der Waals surface area contributed by atoms with Gasteiger partial charge < -0.3 is 33.2 Å². The molecule has 0 saturated heterocycles. The number of pyridine rings is 2. The SMILES string of the molecule is C=CC(=O)OCCCCCCCCOc1ccc(-c2ccc(COc3ccc(C(=O)OC)cc3OCc3ccc(-c4ccc(OCCCCCCCCOC(=O)C=C)cc4)nc3)cn2)cc1. The molecule has 348 valence electrons. The lowest BCUT2D eigenvalue weighted by Gasteiger charge is -2.14. The topological polar surface area (TPSA) is 142 Å². The van der Waals surface area contributed by atoms with Gasteiger partial charge in [-0.3, -0.25) is 9.97 Å². The number of carbonyl (C=O) groups excluding carboxylic acids is 3. The van der Waals surface area contributed by atoms with Gasteiger partial charge in [-0.25, -0.2) is 14.4 Å². The summed E-state index contributed by atoms with van der Waals surface area (Å²) in [7, 11) is 1.34. The van der Waals surface area contributed by atoms with Crippen LogP contribution in [0, 0.1) is 0 Å². The van der Waals surface area contributed by atoms with E-state index >= 15 is 0 Å². The zero-order valence-electron chi connectivity index (χ0n) is 38.1. The standard InChI is InChI=1S/C54H62N2O10/c1-4-52(57)63-34-16-12-8-6-10-14-32-61-46-25-20-43(21-26-46)48-29-18-41(37-55-48)39-65-50-31-24-45(54(59)60-3)36-51(50)66-40-42-19-30-49(56-38-42)44-22-27-47(28-23-44)62-33-15-11-7-9-13-17-35-64-53(58)5-2/h4-5,18-31,36-38H,1-2,6-17,32-35,39-40H2,3H3. The van der Waals surface area contributed by atoms with Crippen molar-refractivity contribution in [2.75, 3.05) is 33.5 Å². The fraction of sp³-hybridized carbons (Fsp3) is 0.352. The molecule has 0 fully saturated rings. The summed E-state index contributed by atoms with van der Waals surface area (Å²) >= 11 is 0. The van der Waals surface area contributed by atoms with Crippen molar-refractivity contribution in [1.82, 2.24) is 9.97 Å². The number of unbranched alkanes of at least 4 members (excludes halogenated alkanes) is 10. The highest BCUT2D eigenvalue weighted by Crippen LogP contribution is 2.31. The number of rotatable bonds is 31. The molecule has 0 aliphatic heterocycles. The van der Waals surface area contributed by atoms with Gasteiger partial charge in [-0.1, -0.05) is 76.7 Å². The quantitative estimate of drug-likeness (QED) is 0.0181. The molecule has 2 aromatic heterocycles. The van der Waals surface area contributed by atoms with Crippen molar-refractivity contribution in [1.29, 1.82) is 0 Å². The minimum Gasteiger partial charge on any atom is -0.494 e. The molecular formula is C54H62N2O10. The summed E-state index contributed by atoms with van der Waals surface area (Å²) in [5.41, 5.74) is 5.64. The average molecular weight is 899 g/mol. The minimum absolute atomic E-state index is 0.200. The molecule has 0 radical (unpaired) electrons. The second-order valence-electron chi connectivity index (χ2n) is 15.6. The first-order valence-electron chi connectivity index (χ1n) is 22.8. The molecule has 0 aliphatic rings. The van der Waals surface area contributed by atoms with Crippen molar-refractivity contribution in [3.8, 4) is 45.5 Å². The van der Waals surface area contributed by atoms with Gasteiger partial charge in [-0.2, -0.15) is 0 Å². The minimum atomic E-state index is -0.479. The lowest BCUT2D eigenvalue weighted by Crippen LogP contribution is -2.05. The molecule has 5 aromatic rings. The van der Waals surface area contributed by atoms with Gasteiger partial charge in [-0.05, 0) is 105 Å². The van der Waals surface area contributed by atoms with Crippen LogP contribution in [0.4, 0.5) is 0 Å². The van der Waals surface area contributed by atoms with E-state index in [-0.39, 0.29) is 25.2 Å². The van der Waals surface area contributed by atoms with Crippen LogP contribution in [0.15, 0.2) is 129 Å². The van der Waals surface area contributed by atoms with Gasteiger partial charge in [0.15, 0.2) is 11.5 Å². The Morgan fingerprint density at radius 1 is 0.485 bits per heavy atom. The van der Waals surface area contributed by atoms with E-state index in [1.165, 1.54) is 19.3 Å². The first-order chi connectivity index (χ1) is 32.3. The van der Waals surface area contributed by atoms with E-state index in [0.29, 0.717) is 43.5 Å². The van der Waals surface area contributed by atoms with E-state index in [2.05, 4.69) is 23.1 Å². The van der Waals surface area contributed by atoms with E-state index in [1.807, 2.05) is 72.8 Å². The lowest BCUT2D eigenvalue weighted by atomic mass is 10.1. The summed E-state index contributed by atoms with van der Waals surface area (Å²) in [6.07, 6.45) is 18.3. The monoisotopic (exact) mass is 898 g/mol. The zero-order valence-corrected chi connectivity index (χ0v) is 38.1. The van der Waals surface area contributed by atoms with Crippen molar-refractivity contribution >= 4 is 17.9 Å². The molecule has 0 aliphatic carbocycles. The number of hydrogen-bond acceptors (Lipinski definition) is 12. The Hall–Kier alpha value is -6.95. The van der Waals surface area contributed by atoms with Crippen LogP contribution in [0.1, 0.15) is 98.5 Å². The second-order valence-corrected chi connectivity index (χ2v) is 15.6. The maximum atomic E-state index is 12.4. The van der Waals surface area contributed by atoms with Crippen LogP contribution in [-0.2, 0) is 37.0 Å². The summed E-state index contributed by atoms with van der Waals surface area (Å²) in [6.45, 7) is 9.44. The third-order valence-electron chi connectivity index (χ3n) is 10.5. The van der Waals surface area contributed by atoms with Gasteiger partial charge in [0, 0.05) is 46.8 Å². The van der Waals surface area contributed by atoms with E-state index in [1.54, 1.807) is 30.6 Å².